The Morgan fingerprint density at radius 2 is 1.77 bits per heavy atom. The summed E-state index contributed by atoms with van der Waals surface area (Å²) in [4.78, 5) is 30.0. The molecule has 0 radical (unpaired) electrons. The smallest absolute Gasteiger partial charge is 0.238 e. The van der Waals surface area contributed by atoms with E-state index in [9.17, 15) is 9.59 Å². The summed E-state index contributed by atoms with van der Waals surface area (Å²) in [6.45, 7) is 5.25. The predicted molar refractivity (Wildman–Crippen MR) is 85.4 cm³/mol. The Labute approximate surface area is 133 Å². The number of nitrogens with one attached hydrogen (secondary N) is 1. The summed E-state index contributed by atoms with van der Waals surface area (Å²) >= 11 is 0. The maximum atomic E-state index is 13.2. The zero-order chi connectivity index (χ0) is 15.7. The number of likely N-dealkylation sites (N-methyl/N-ethyl adjacent to an activating group) is 1. The van der Waals surface area contributed by atoms with Crippen molar-refractivity contribution >= 4 is 11.8 Å². The molecule has 124 valence electrons. The van der Waals surface area contributed by atoms with Gasteiger partial charge in [-0.15, -0.1) is 0 Å². The highest BCUT2D eigenvalue weighted by atomic mass is 16.2. The third-order valence-corrected chi connectivity index (χ3v) is 6.10. The summed E-state index contributed by atoms with van der Waals surface area (Å²) in [5, 5.41) is 2.72. The van der Waals surface area contributed by atoms with Crippen LogP contribution in [0.25, 0.3) is 0 Å². The number of hydrogen-bond acceptors (Lipinski definition) is 3. The highest BCUT2D eigenvalue weighted by Crippen LogP contribution is 2.44. The monoisotopic (exact) mass is 307 g/mol. The van der Waals surface area contributed by atoms with Gasteiger partial charge in [0.05, 0.1) is 0 Å². The summed E-state index contributed by atoms with van der Waals surface area (Å²) in [7, 11) is 1.65. The molecule has 0 bridgehead atoms. The van der Waals surface area contributed by atoms with Crippen LogP contribution in [0.2, 0.25) is 0 Å². The van der Waals surface area contributed by atoms with Crippen LogP contribution in [0.15, 0.2) is 0 Å². The van der Waals surface area contributed by atoms with Gasteiger partial charge in [-0.05, 0) is 51.6 Å². The first-order chi connectivity index (χ1) is 10.6. The molecule has 2 unspecified atom stereocenters. The quantitative estimate of drug-likeness (QED) is 0.798. The standard InChI is InChI=1S/C17H29N3O2/c1-3-19-11-4-7-13(19)14-8-5-12-20(14)16(22)17(9-6-10-17)15(21)18-2/h13-14H,3-12H2,1-2H3,(H,18,21). The van der Waals surface area contributed by atoms with Crippen molar-refractivity contribution in [3.8, 4) is 0 Å². The molecule has 2 saturated heterocycles. The first-order valence-electron chi connectivity index (χ1n) is 8.91. The molecule has 0 spiro atoms. The van der Waals surface area contributed by atoms with Gasteiger partial charge < -0.3 is 10.2 Å². The van der Waals surface area contributed by atoms with Crippen molar-refractivity contribution in [1.82, 2.24) is 15.1 Å². The first kappa shape index (κ1) is 15.8. The highest BCUT2D eigenvalue weighted by Gasteiger charge is 2.54. The van der Waals surface area contributed by atoms with Crippen molar-refractivity contribution in [2.45, 2.75) is 64.0 Å². The lowest BCUT2D eigenvalue weighted by Gasteiger charge is -2.44. The molecule has 1 N–H and O–H groups in total. The van der Waals surface area contributed by atoms with E-state index in [1.165, 1.54) is 12.8 Å². The van der Waals surface area contributed by atoms with Crippen molar-refractivity contribution in [1.29, 1.82) is 0 Å². The van der Waals surface area contributed by atoms with Crippen LogP contribution in [0.5, 0.6) is 0 Å². The molecular formula is C17H29N3O2. The van der Waals surface area contributed by atoms with Gasteiger partial charge in [0.15, 0.2) is 0 Å². The summed E-state index contributed by atoms with van der Waals surface area (Å²) < 4.78 is 0. The van der Waals surface area contributed by atoms with Gasteiger partial charge in [0.1, 0.15) is 5.41 Å². The Hall–Kier alpha value is -1.10. The number of carbonyl (C=O) groups excluding carboxylic acids is 2. The van der Waals surface area contributed by atoms with E-state index in [0.29, 0.717) is 12.1 Å². The van der Waals surface area contributed by atoms with Gasteiger partial charge in [0.25, 0.3) is 0 Å². The van der Waals surface area contributed by atoms with Gasteiger partial charge in [-0.2, -0.15) is 0 Å². The fraction of sp³-hybridized carbons (Fsp3) is 0.882. The topological polar surface area (TPSA) is 52.7 Å². The number of rotatable bonds is 4. The minimum absolute atomic E-state index is 0.0758. The second-order valence-corrected chi connectivity index (χ2v) is 7.06. The third-order valence-electron chi connectivity index (χ3n) is 6.10. The van der Waals surface area contributed by atoms with Crippen molar-refractivity contribution in [3.63, 3.8) is 0 Å². The second kappa shape index (κ2) is 6.19. The Bertz CT molecular complexity index is 447. The Kier molecular flexibility index (Phi) is 4.44. The second-order valence-electron chi connectivity index (χ2n) is 7.06. The molecular weight excluding hydrogens is 278 g/mol. The van der Waals surface area contributed by atoms with Gasteiger partial charge in [0, 0.05) is 25.7 Å². The van der Waals surface area contributed by atoms with Crippen LogP contribution in [0, 0.1) is 5.41 Å². The summed E-state index contributed by atoms with van der Waals surface area (Å²) in [5.41, 5.74) is -0.757. The van der Waals surface area contributed by atoms with Crippen LogP contribution in [-0.2, 0) is 9.59 Å². The van der Waals surface area contributed by atoms with E-state index in [4.69, 9.17) is 0 Å². The molecule has 5 heteroatoms. The van der Waals surface area contributed by atoms with Crippen LogP contribution in [0.1, 0.15) is 51.9 Å². The van der Waals surface area contributed by atoms with Gasteiger partial charge in [-0.3, -0.25) is 14.5 Å². The number of carbonyl (C=O) groups is 2. The third kappa shape index (κ3) is 2.34. The summed E-state index contributed by atoms with van der Waals surface area (Å²) in [5.74, 6) is 0.0247. The summed E-state index contributed by atoms with van der Waals surface area (Å²) in [6, 6.07) is 0.815. The van der Waals surface area contributed by atoms with E-state index in [0.717, 1.165) is 51.7 Å². The molecule has 3 fully saturated rings. The maximum Gasteiger partial charge on any atom is 0.238 e. The van der Waals surface area contributed by atoms with E-state index < -0.39 is 5.41 Å². The van der Waals surface area contributed by atoms with Crippen LogP contribution < -0.4 is 5.32 Å². The fourth-order valence-electron chi connectivity index (χ4n) is 4.71. The largest absolute Gasteiger partial charge is 0.358 e. The lowest BCUT2D eigenvalue weighted by molar-refractivity contribution is -0.158. The molecule has 1 saturated carbocycles. The van der Waals surface area contributed by atoms with Gasteiger partial charge in [-0.25, -0.2) is 0 Å². The van der Waals surface area contributed by atoms with E-state index >= 15 is 0 Å². The van der Waals surface area contributed by atoms with E-state index in [-0.39, 0.29) is 11.8 Å². The van der Waals surface area contributed by atoms with Crippen molar-refractivity contribution in [2.24, 2.45) is 5.41 Å². The molecule has 2 aliphatic heterocycles. The lowest BCUT2D eigenvalue weighted by Crippen LogP contribution is -2.59. The highest BCUT2D eigenvalue weighted by molar-refractivity contribution is 6.06. The van der Waals surface area contributed by atoms with Crippen molar-refractivity contribution in [2.75, 3.05) is 26.7 Å². The Balaban J connectivity index is 1.78. The zero-order valence-corrected chi connectivity index (χ0v) is 13.9. The lowest BCUT2D eigenvalue weighted by atomic mass is 9.67. The van der Waals surface area contributed by atoms with Crippen molar-refractivity contribution in [3.05, 3.63) is 0 Å². The maximum absolute atomic E-state index is 13.2. The fourth-order valence-corrected chi connectivity index (χ4v) is 4.71. The molecule has 0 aromatic carbocycles. The molecule has 3 rings (SSSR count). The Morgan fingerprint density at radius 1 is 1.09 bits per heavy atom. The number of hydrogen-bond donors (Lipinski definition) is 1. The average Bonchev–Trinajstić information content (AvgIpc) is 3.13. The normalized spacial score (nSPS) is 31.1. The molecule has 0 aromatic rings. The first-order valence-corrected chi connectivity index (χ1v) is 8.91. The minimum atomic E-state index is -0.757. The Morgan fingerprint density at radius 3 is 2.36 bits per heavy atom. The number of nitrogens with zero attached hydrogens (tertiary/aromatic N) is 2. The van der Waals surface area contributed by atoms with Crippen LogP contribution in [0.4, 0.5) is 0 Å². The van der Waals surface area contributed by atoms with E-state index in [1.54, 1.807) is 7.05 Å². The van der Waals surface area contributed by atoms with Crippen LogP contribution in [-0.4, -0.2) is 60.4 Å². The molecule has 0 aromatic heterocycles. The minimum Gasteiger partial charge on any atom is -0.358 e. The summed E-state index contributed by atoms with van der Waals surface area (Å²) in [6.07, 6.45) is 7.02. The molecule has 22 heavy (non-hydrogen) atoms. The molecule has 5 nitrogen and oxygen atoms in total. The van der Waals surface area contributed by atoms with Gasteiger partial charge in [0.2, 0.25) is 11.8 Å². The molecule has 3 aliphatic rings. The van der Waals surface area contributed by atoms with E-state index in [2.05, 4.69) is 22.0 Å². The molecule has 2 heterocycles. The van der Waals surface area contributed by atoms with Crippen molar-refractivity contribution < 1.29 is 9.59 Å². The molecule has 1 aliphatic carbocycles. The van der Waals surface area contributed by atoms with E-state index in [1.807, 2.05) is 0 Å². The SMILES string of the molecule is CCN1CCCC1C1CCCN1C(=O)C1(C(=O)NC)CCC1. The predicted octanol–water partition coefficient (Wildman–Crippen LogP) is 1.38. The van der Waals surface area contributed by atoms with Crippen LogP contribution >= 0.6 is 0 Å². The molecule has 2 amide bonds. The molecule has 2 atom stereocenters. The van der Waals surface area contributed by atoms with Gasteiger partial charge in [-0.1, -0.05) is 13.3 Å². The number of amides is 2. The van der Waals surface area contributed by atoms with Gasteiger partial charge >= 0.3 is 0 Å². The number of likely N-dealkylation sites (tertiary alicyclic amines) is 2. The van der Waals surface area contributed by atoms with Crippen LogP contribution in [0.3, 0.4) is 0 Å². The average molecular weight is 307 g/mol. The zero-order valence-electron chi connectivity index (χ0n) is 13.9.